The summed E-state index contributed by atoms with van der Waals surface area (Å²) in [6.07, 6.45) is 4.84. The number of carbonyl (C=O) groups excluding carboxylic acids is 1. The molecule has 0 radical (unpaired) electrons. The maximum atomic E-state index is 12.7. The molecule has 0 unspecified atom stereocenters. The van der Waals surface area contributed by atoms with Crippen molar-refractivity contribution in [2.24, 2.45) is 0 Å². The van der Waals surface area contributed by atoms with Crippen molar-refractivity contribution < 1.29 is 14.3 Å². The monoisotopic (exact) mass is 377 g/mol. The van der Waals surface area contributed by atoms with Gasteiger partial charge >= 0.3 is 0 Å². The Bertz CT molecular complexity index is 1050. The molecule has 1 aromatic heterocycles. The maximum absolute atomic E-state index is 12.7. The van der Waals surface area contributed by atoms with Gasteiger partial charge in [0.25, 0.3) is 5.79 Å². The predicted molar refractivity (Wildman–Crippen MR) is 107 cm³/mol. The fourth-order valence-electron chi connectivity index (χ4n) is 4.21. The maximum Gasteiger partial charge on any atom is 0.251 e. The van der Waals surface area contributed by atoms with Gasteiger partial charge in [-0.05, 0) is 37.1 Å². The molecule has 1 aliphatic carbocycles. The molecule has 1 N–H and O–H groups in total. The summed E-state index contributed by atoms with van der Waals surface area (Å²) < 4.78 is 14.1. The van der Waals surface area contributed by atoms with Gasteiger partial charge in [0.05, 0.1) is 11.0 Å². The number of nitrogens with one attached hydrogen (secondary N) is 1. The average molecular weight is 377 g/mol. The van der Waals surface area contributed by atoms with Gasteiger partial charge in [0, 0.05) is 31.0 Å². The van der Waals surface area contributed by atoms with E-state index in [2.05, 4.69) is 10.3 Å². The molecule has 1 spiro atoms. The number of aromatic nitrogens is 2. The molecule has 1 saturated carbocycles. The smallest absolute Gasteiger partial charge is 0.251 e. The van der Waals surface area contributed by atoms with E-state index >= 15 is 0 Å². The fourth-order valence-corrected chi connectivity index (χ4v) is 4.21. The lowest BCUT2D eigenvalue weighted by Gasteiger charge is -2.21. The third kappa shape index (κ3) is 2.89. The average Bonchev–Trinajstić information content (AvgIpc) is 3.39. The molecular formula is C22H23N3O3. The van der Waals surface area contributed by atoms with E-state index in [4.69, 9.17) is 9.47 Å². The van der Waals surface area contributed by atoms with Crippen molar-refractivity contribution in [1.29, 1.82) is 0 Å². The topological polar surface area (TPSA) is 65.4 Å². The SMILES string of the molecule is CCc1nc2ccccc2n1CC(=O)Nc1ccc2c(c1)OC1(CCCC1)O2. The molecule has 2 heterocycles. The highest BCUT2D eigenvalue weighted by Crippen LogP contribution is 2.47. The Morgan fingerprint density at radius 1 is 1.14 bits per heavy atom. The number of amides is 1. The van der Waals surface area contributed by atoms with E-state index in [9.17, 15) is 4.79 Å². The summed E-state index contributed by atoms with van der Waals surface area (Å²) in [6, 6.07) is 13.5. The van der Waals surface area contributed by atoms with E-state index in [1.807, 2.05) is 54.0 Å². The first-order valence-corrected chi connectivity index (χ1v) is 9.92. The molecule has 144 valence electrons. The quantitative estimate of drug-likeness (QED) is 0.737. The lowest BCUT2D eigenvalue weighted by molar-refractivity contribution is -0.116. The number of nitrogens with zero attached hydrogens (tertiary/aromatic N) is 2. The van der Waals surface area contributed by atoms with E-state index in [1.54, 1.807) is 0 Å². The Balaban J connectivity index is 1.34. The highest BCUT2D eigenvalue weighted by atomic mass is 16.7. The molecule has 6 nitrogen and oxygen atoms in total. The molecule has 5 rings (SSSR count). The summed E-state index contributed by atoms with van der Waals surface area (Å²) in [5.74, 6) is 1.80. The van der Waals surface area contributed by atoms with E-state index < -0.39 is 5.79 Å². The van der Waals surface area contributed by atoms with Crippen molar-refractivity contribution in [1.82, 2.24) is 9.55 Å². The highest BCUT2D eigenvalue weighted by molar-refractivity contribution is 5.92. The lowest BCUT2D eigenvalue weighted by atomic mass is 10.2. The van der Waals surface area contributed by atoms with Crippen molar-refractivity contribution in [3.05, 3.63) is 48.3 Å². The van der Waals surface area contributed by atoms with Crippen LogP contribution < -0.4 is 14.8 Å². The first-order valence-electron chi connectivity index (χ1n) is 9.92. The van der Waals surface area contributed by atoms with Crippen LogP contribution in [0.3, 0.4) is 0 Å². The molecule has 28 heavy (non-hydrogen) atoms. The molecule has 2 aliphatic rings. The highest BCUT2D eigenvalue weighted by Gasteiger charge is 2.44. The third-order valence-electron chi connectivity index (χ3n) is 5.54. The Labute approximate surface area is 163 Å². The number of rotatable bonds is 4. The van der Waals surface area contributed by atoms with Gasteiger partial charge in [-0.15, -0.1) is 0 Å². The molecule has 2 aromatic carbocycles. The van der Waals surface area contributed by atoms with Crippen LogP contribution in [-0.2, 0) is 17.8 Å². The van der Waals surface area contributed by atoms with Crippen LogP contribution in [0.5, 0.6) is 11.5 Å². The zero-order valence-corrected chi connectivity index (χ0v) is 15.9. The fraction of sp³-hybridized carbons (Fsp3) is 0.364. The summed E-state index contributed by atoms with van der Waals surface area (Å²) in [4.78, 5) is 17.3. The molecule has 6 heteroatoms. The molecule has 0 atom stereocenters. The normalized spacial score (nSPS) is 16.8. The van der Waals surface area contributed by atoms with Crippen LogP contribution in [0.1, 0.15) is 38.4 Å². The number of para-hydroxylation sites is 2. The first-order chi connectivity index (χ1) is 13.7. The number of ether oxygens (including phenoxy) is 2. The molecule has 1 fully saturated rings. The van der Waals surface area contributed by atoms with Crippen LogP contribution in [0.4, 0.5) is 5.69 Å². The number of anilines is 1. The zero-order chi connectivity index (χ0) is 19.1. The summed E-state index contributed by atoms with van der Waals surface area (Å²) in [5.41, 5.74) is 2.60. The van der Waals surface area contributed by atoms with E-state index in [0.717, 1.165) is 54.7 Å². The predicted octanol–water partition coefficient (Wildman–Crippen LogP) is 4.28. The second-order valence-corrected chi connectivity index (χ2v) is 7.49. The summed E-state index contributed by atoms with van der Waals surface area (Å²) in [5, 5.41) is 2.98. The van der Waals surface area contributed by atoms with E-state index in [1.165, 1.54) is 0 Å². The van der Waals surface area contributed by atoms with Crippen LogP contribution in [0, 0.1) is 0 Å². The first kappa shape index (κ1) is 17.1. The Kier molecular flexibility index (Phi) is 4.00. The Hall–Kier alpha value is -3.02. The number of benzene rings is 2. The number of hydrogen-bond acceptors (Lipinski definition) is 4. The molecular weight excluding hydrogens is 354 g/mol. The standard InChI is InChI=1S/C22H23N3O3/c1-2-20-24-16-7-3-4-8-17(16)25(20)14-21(26)23-15-9-10-18-19(13-15)28-22(27-18)11-5-6-12-22/h3-4,7-10,13H,2,5-6,11-12,14H2,1H3,(H,23,26). The Morgan fingerprint density at radius 2 is 1.93 bits per heavy atom. The van der Waals surface area contributed by atoms with Gasteiger partial charge in [-0.3, -0.25) is 4.79 Å². The van der Waals surface area contributed by atoms with E-state index in [-0.39, 0.29) is 12.5 Å². The van der Waals surface area contributed by atoms with Crippen LogP contribution >= 0.6 is 0 Å². The number of carbonyl (C=O) groups is 1. The van der Waals surface area contributed by atoms with Crippen LogP contribution in [0.25, 0.3) is 11.0 Å². The largest absolute Gasteiger partial charge is 0.448 e. The van der Waals surface area contributed by atoms with Gasteiger partial charge in [-0.2, -0.15) is 0 Å². The minimum atomic E-state index is -0.489. The Morgan fingerprint density at radius 3 is 2.75 bits per heavy atom. The van der Waals surface area contributed by atoms with Crippen molar-refractivity contribution >= 4 is 22.6 Å². The number of fused-ring (bicyclic) bond motifs is 2. The minimum absolute atomic E-state index is 0.0905. The van der Waals surface area contributed by atoms with Crippen molar-refractivity contribution in [3.8, 4) is 11.5 Å². The molecule has 3 aromatic rings. The van der Waals surface area contributed by atoms with Crippen LogP contribution in [0.2, 0.25) is 0 Å². The van der Waals surface area contributed by atoms with Crippen molar-refractivity contribution in [2.45, 2.75) is 51.4 Å². The number of imidazole rings is 1. The molecule has 1 amide bonds. The third-order valence-corrected chi connectivity index (χ3v) is 5.54. The molecule has 1 aliphatic heterocycles. The minimum Gasteiger partial charge on any atom is -0.448 e. The van der Waals surface area contributed by atoms with Crippen LogP contribution in [-0.4, -0.2) is 21.2 Å². The summed E-state index contributed by atoms with van der Waals surface area (Å²) in [7, 11) is 0. The number of hydrogen-bond donors (Lipinski definition) is 1. The zero-order valence-electron chi connectivity index (χ0n) is 15.9. The van der Waals surface area contributed by atoms with Gasteiger partial charge in [-0.25, -0.2) is 4.98 Å². The molecule has 0 bridgehead atoms. The summed E-state index contributed by atoms with van der Waals surface area (Å²) >= 11 is 0. The van der Waals surface area contributed by atoms with E-state index in [0.29, 0.717) is 11.4 Å². The lowest BCUT2D eigenvalue weighted by Crippen LogP contribution is -2.34. The van der Waals surface area contributed by atoms with Crippen molar-refractivity contribution in [3.63, 3.8) is 0 Å². The number of aryl methyl sites for hydroxylation is 1. The van der Waals surface area contributed by atoms with Gasteiger partial charge in [-0.1, -0.05) is 19.1 Å². The second-order valence-electron chi connectivity index (χ2n) is 7.49. The summed E-state index contributed by atoms with van der Waals surface area (Å²) in [6.45, 7) is 2.27. The van der Waals surface area contributed by atoms with Gasteiger partial charge in [0.1, 0.15) is 12.4 Å². The van der Waals surface area contributed by atoms with Gasteiger partial charge < -0.3 is 19.4 Å². The molecule has 0 saturated heterocycles. The second kappa shape index (κ2) is 6.55. The van der Waals surface area contributed by atoms with Crippen LogP contribution in [0.15, 0.2) is 42.5 Å². The van der Waals surface area contributed by atoms with Crippen molar-refractivity contribution in [2.75, 3.05) is 5.32 Å². The van der Waals surface area contributed by atoms with Gasteiger partial charge in [0.15, 0.2) is 11.5 Å². The van der Waals surface area contributed by atoms with Gasteiger partial charge in [0.2, 0.25) is 5.91 Å².